The van der Waals surface area contributed by atoms with Gasteiger partial charge in [0.25, 0.3) is 12.3 Å². The predicted octanol–water partition coefficient (Wildman–Crippen LogP) is 1.87. The molecule has 1 saturated carbocycles. The molecule has 3 rings (SSSR count). The fourth-order valence-electron chi connectivity index (χ4n) is 3.12. The van der Waals surface area contributed by atoms with Gasteiger partial charge in [0, 0.05) is 30.2 Å². The van der Waals surface area contributed by atoms with Crippen LogP contribution in [0.2, 0.25) is 0 Å². The first-order valence-corrected chi connectivity index (χ1v) is 8.67. The Bertz CT molecular complexity index is 729. The van der Waals surface area contributed by atoms with Crippen LogP contribution in [0.15, 0.2) is 24.8 Å². The summed E-state index contributed by atoms with van der Waals surface area (Å²) in [7, 11) is 0. The zero-order valence-electron chi connectivity index (χ0n) is 14.5. The molecule has 2 heterocycles. The summed E-state index contributed by atoms with van der Waals surface area (Å²) in [6.45, 7) is 1.53. The van der Waals surface area contributed by atoms with Crippen molar-refractivity contribution in [3.8, 4) is 5.95 Å². The number of hydrogen-bond acceptors (Lipinski definition) is 5. The van der Waals surface area contributed by atoms with E-state index in [0.29, 0.717) is 17.3 Å². The lowest BCUT2D eigenvalue weighted by atomic mass is 9.91. The number of halogens is 2. The number of carbonyl (C=O) groups is 1. The number of imidazole rings is 1. The van der Waals surface area contributed by atoms with Crippen LogP contribution in [0.3, 0.4) is 0 Å². The number of aryl methyl sites for hydroxylation is 1. The van der Waals surface area contributed by atoms with Crippen molar-refractivity contribution in [2.45, 2.75) is 51.1 Å². The van der Waals surface area contributed by atoms with Gasteiger partial charge in [-0.1, -0.05) is 0 Å². The Morgan fingerprint density at radius 3 is 2.65 bits per heavy atom. The van der Waals surface area contributed by atoms with Crippen LogP contribution in [-0.2, 0) is 0 Å². The van der Waals surface area contributed by atoms with Crippen molar-refractivity contribution in [1.29, 1.82) is 0 Å². The van der Waals surface area contributed by atoms with E-state index in [4.69, 9.17) is 0 Å². The van der Waals surface area contributed by atoms with Crippen LogP contribution in [0.25, 0.3) is 5.95 Å². The largest absolute Gasteiger partial charge is 0.348 e. The van der Waals surface area contributed by atoms with Gasteiger partial charge in [-0.25, -0.2) is 23.7 Å². The van der Waals surface area contributed by atoms with Crippen molar-refractivity contribution in [3.63, 3.8) is 0 Å². The highest BCUT2D eigenvalue weighted by atomic mass is 19.3. The van der Waals surface area contributed by atoms with Gasteiger partial charge in [-0.15, -0.1) is 0 Å². The molecule has 1 aliphatic carbocycles. The van der Waals surface area contributed by atoms with Crippen molar-refractivity contribution < 1.29 is 13.6 Å². The van der Waals surface area contributed by atoms with E-state index in [9.17, 15) is 13.6 Å². The standard InChI is InChI=1S/C17H22F2N6O/c1-11-8-14(24-17(22-11)25-7-6-20-10-25)16(26)23-13-4-2-12(3-5-13)21-9-15(18)19/h6-8,10,12-13,15,21H,2-5,9H2,1H3,(H,23,26)/t12-,13-. The van der Waals surface area contributed by atoms with E-state index in [-0.39, 0.29) is 24.5 Å². The first-order valence-electron chi connectivity index (χ1n) is 8.67. The maximum atomic E-state index is 12.5. The first-order chi connectivity index (χ1) is 12.5. The molecule has 0 saturated heterocycles. The maximum absolute atomic E-state index is 12.5. The van der Waals surface area contributed by atoms with Gasteiger partial charge in [-0.05, 0) is 38.7 Å². The van der Waals surface area contributed by atoms with Gasteiger partial charge in [-0.3, -0.25) is 9.36 Å². The molecule has 0 atom stereocenters. The van der Waals surface area contributed by atoms with Crippen LogP contribution in [0, 0.1) is 6.92 Å². The summed E-state index contributed by atoms with van der Waals surface area (Å²) < 4.78 is 26.2. The molecule has 0 spiro atoms. The molecule has 26 heavy (non-hydrogen) atoms. The Kier molecular flexibility index (Phi) is 5.87. The molecular formula is C17H22F2N6O. The molecule has 0 bridgehead atoms. The third-order valence-corrected chi connectivity index (χ3v) is 4.43. The highest BCUT2D eigenvalue weighted by Crippen LogP contribution is 2.19. The number of amides is 1. The van der Waals surface area contributed by atoms with Crippen LogP contribution in [0.1, 0.15) is 41.9 Å². The summed E-state index contributed by atoms with van der Waals surface area (Å²) in [6, 6.07) is 1.76. The molecule has 0 aromatic carbocycles. The second-order valence-corrected chi connectivity index (χ2v) is 6.49. The third kappa shape index (κ3) is 4.81. The van der Waals surface area contributed by atoms with Gasteiger partial charge >= 0.3 is 0 Å². The average molecular weight is 364 g/mol. The fourth-order valence-corrected chi connectivity index (χ4v) is 3.12. The predicted molar refractivity (Wildman–Crippen MR) is 91.4 cm³/mol. The van der Waals surface area contributed by atoms with Crippen LogP contribution >= 0.6 is 0 Å². The number of carbonyl (C=O) groups excluding carboxylic acids is 1. The molecule has 0 aliphatic heterocycles. The second-order valence-electron chi connectivity index (χ2n) is 6.49. The van der Waals surface area contributed by atoms with Crippen molar-refractivity contribution in [2.75, 3.05) is 6.54 Å². The average Bonchev–Trinajstić information content (AvgIpc) is 3.15. The zero-order chi connectivity index (χ0) is 18.5. The van der Waals surface area contributed by atoms with Crippen molar-refractivity contribution in [2.24, 2.45) is 0 Å². The highest BCUT2D eigenvalue weighted by Gasteiger charge is 2.24. The van der Waals surface area contributed by atoms with E-state index < -0.39 is 6.43 Å². The smallest absolute Gasteiger partial charge is 0.270 e. The zero-order valence-corrected chi connectivity index (χ0v) is 14.5. The van der Waals surface area contributed by atoms with Gasteiger partial charge in [0.05, 0.1) is 6.54 Å². The van der Waals surface area contributed by atoms with Gasteiger partial charge in [0.1, 0.15) is 12.0 Å². The third-order valence-electron chi connectivity index (χ3n) is 4.43. The monoisotopic (exact) mass is 364 g/mol. The molecule has 2 N–H and O–H groups in total. The molecule has 2 aromatic heterocycles. The van der Waals surface area contributed by atoms with Crippen molar-refractivity contribution in [1.82, 2.24) is 30.2 Å². The van der Waals surface area contributed by atoms with E-state index in [1.54, 1.807) is 36.3 Å². The Hall–Kier alpha value is -2.42. The Morgan fingerprint density at radius 1 is 1.27 bits per heavy atom. The number of nitrogens with zero attached hydrogens (tertiary/aromatic N) is 4. The number of aromatic nitrogens is 4. The highest BCUT2D eigenvalue weighted by molar-refractivity contribution is 5.92. The Labute approximate surface area is 150 Å². The van der Waals surface area contributed by atoms with Crippen molar-refractivity contribution in [3.05, 3.63) is 36.2 Å². The molecule has 1 amide bonds. The lowest BCUT2D eigenvalue weighted by molar-refractivity contribution is 0.0916. The minimum absolute atomic E-state index is 0.0269. The summed E-state index contributed by atoms with van der Waals surface area (Å²) >= 11 is 0. The van der Waals surface area contributed by atoms with Gasteiger partial charge < -0.3 is 10.6 Å². The normalized spacial score (nSPS) is 20.3. The summed E-state index contributed by atoms with van der Waals surface area (Å²) in [6.07, 6.45) is 5.61. The molecule has 2 aromatic rings. The van der Waals surface area contributed by atoms with Gasteiger partial charge in [-0.2, -0.15) is 0 Å². The van der Waals surface area contributed by atoms with Gasteiger partial charge in [0.15, 0.2) is 0 Å². The summed E-state index contributed by atoms with van der Waals surface area (Å²) in [5.74, 6) is 0.147. The van der Waals surface area contributed by atoms with Crippen LogP contribution < -0.4 is 10.6 Å². The minimum Gasteiger partial charge on any atom is -0.348 e. The van der Waals surface area contributed by atoms with Crippen LogP contribution in [0.4, 0.5) is 8.78 Å². The fraction of sp³-hybridized carbons (Fsp3) is 0.529. The molecule has 140 valence electrons. The number of alkyl halides is 2. The van der Waals surface area contributed by atoms with E-state index in [0.717, 1.165) is 25.7 Å². The number of hydrogen-bond donors (Lipinski definition) is 2. The topological polar surface area (TPSA) is 84.7 Å². The Balaban J connectivity index is 1.57. The summed E-state index contributed by atoms with van der Waals surface area (Å²) in [4.78, 5) is 25.1. The van der Waals surface area contributed by atoms with E-state index in [1.807, 2.05) is 0 Å². The maximum Gasteiger partial charge on any atom is 0.270 e. The second kappa shape index (κ2) is 8.31. The molecule has 0 radical (unpaired) electrons. The van der Waals surface area contributed by atoms with E-state index >= 15 is 0 Å². The molecule has 1 fully saturated rings. The Morgan fingerprint density at radius 2 is 2.00 bits per heavy atom. The number of rotatable bonds is 6. The summed E-state index contributed by atoms with van der Waals surface area (Å²) in [5, 5.41) is 5.86. The van der Waals surface area contributed by atoms with E-state index in [1.165, 1.54) is 0 Å². The van der Waals surface area contributed by atoms with Crippen molar-refractivity contribution >= 4 is 5.91 Å². The van der Waals surface area contributed by atoms with Crippen LogP contribution in [0.5, 0.6) is 0 Å². The molecule has 9 heteroatoms. The lowest BCUT2D eigenvalue weighted by Crippen LogP contribution is -2.43. The first kappa shape index (κ1) is 18.4. The van der Waals surface area contributed by atoms with E-state index in [2.05, 4.69) is 25.6 Å². The summed E-state index contributed by atoms with van der Waals surface area (Å²) in [5.41, 5.74) is 0.993. The molecule has 7 nitrogen and oxygen atoms in total. The molecule has 0 unspecified atom stereocenters. The lowest BCUT2D eigenvalue weighted by Gasteiger charge is -2.29. The molecule has 1 aliphatic rings. The van der Waals surface area contributed by atoms with Crippen LogP contribution in [-0.4, -0.2) is 50.5 Å². The SMILES string of the molecule is Cc1cc(C(=O)N[C@H]2CC[C@H](NCC(F)F)CC2)nc(-n2ccnc2)n1. The molecular weight excluding hydrogens is 342 g/mol. The minimum atomic E-state index is -2.34. The van der Waals surface area contributed by atoms with Gasteiger partial charge in [0.2, 0.25) is 5.95 Å². The quantitative estimate of drug-likeness (QED) is 0.817. The number of nitrogens with one attached hydrogen (secondary N) is 2.